The Bertz CT molecular complexity index is 2170. The lowest BCUT2D eigenvalue weighted by Crippen LogP contribution is -2.03. The molecule has 7 aromatic rings. The standard InChI is InChI=1S/C44H40N6O2/c1-25-12-16-35(29(5)20-25)39-45-40(36-17-13-26(2)21-30(36)6)48-43(47-39)51-33-10-9-11-34(24-33)52-44-49-41(37-18-14-27(3)22-31(37)7)46-42(50-44)38-19-15-28(4)23-32(38)8/h9-24H,1-8H3. The molecule has 0 aliphatic rings. The lowest BCUT2D eigenvalue weighted by molar-refractivity contribution is 0.421. The number of rotatable bonds is 8. The summed E-state index contributed by atoms with van der Waals surface area (Å²) in [7, 11) is 0. The molecule has 7 rings (SSSR count). The SMILES string of the molecule is Cc1ccc(-c2nc(Oc3cccc(Oc4nc(-c5ccc(C)cc5C)nc(-c5ccc(C)cc5C)n4)c3)nc(-c3ccc(C)cc3C)n2)c(C)c1. The normalized spacial score (nSPS) is 11.1. The van der Waals surface area contributed by atoms with Gasteiger partial charge in [0, 0.05) is 28.3 Å². The monoisotopic (exact) mass is 684 g/mol. The number of aromatic nitrogens is 6. The zero-order valence-electron chi connectivity index (χ0n) is 30.7. The topological polar surface area (TPSA) is 95.8 Å². The number of hydrogen-bond acceptors (Lipinski definition) is 8. The fraction of sp³-hybridized carbons (Fsp3) is 0.182. The van der Waals surface area contributed by atoms with Crippen molar-refractivity contribution in [2.45, 2.75) is 55.4 Å². The summed E-state index contributed by atoms with van der Waals surface area (Å²) in [6.07, 6.45) is 0. The minimum Gasteiger partial charge on any atom is -0.424 e. The van der Waals surface area contributed by atoms with Gasteiger partial charge in [-0.1, -0.05) is 101 Å². The van der Waals surface area contributed by atoms with Crippen molar-refractivity contribution in [2.75, 3.05) is 0 Å². The second-order valence-electron chi connectivity index (χ2n) is 13.5. The molecule has 52 heavy (non-hydrogen) atoms. The lowest BCUT2D eigenvalue weighted by atomic mass is 10.0. The summed E-state index contributed by atoms with van der Waals surface area (Å²) in [6, 6.07) is 32.5. The Kier molecular flexibility index (Phi) is 9.30. The van der Waals surface area contributed by atoms with Crippen molar-refractivity contribution >= 4 is 0 Å². The highest BCUT2D eigenvalue weighted by molar-refractivity contribution is 5.68. The highest BCUT2D eigenvalue weighted by Gasteiger charge is 2.18. The van der Waals surface area contributed by atoms with E-state index < -0.39 is 0 Å². The van der Waals surface area contributed by atoms with Crippen molar-refractivity contribution in [1.29, 1.82) is 0 Å². The van der Waals surface area contributed by atoms with E-state index in [4.69, 9.17) is 39.4 Å². The van der Waals surface area contributed by atoms with Crippen molar-refractivity contribution in [3.8, 4) is 69.1 Å². The molecule has 2 heterocycles. The summed E-state index contributed by atoms with van der Waals surface area (Å²) in [4.78, 5) is 28.9. The van der Waals surface area contributed by atoms with Crippen LogP contribution in [0.25, 0.3) is 45.6 Å². The van der Waals surface area contributed by atoms with Crippen molar-refractivity contribution in [3.05, 3.63) is 142 Å². The number of ether oxygens (including phenoxy) is 2. The third-order valence-electron chi connectivity index (χ3n) is 8.94. The Morgan fingerprint density at radius 2 is 0.615 bits per heavy atom. The molecule has 0 saturated carbocycles. The van der Waals surface area contributed by atoms with Crippen LogP contribution in [0.5, 0.6) is 23.5 Å². The van der Waals surface area contributed by atoms with Gasteiger partial charge in [0.2, 0.25) is 0 Å². The molecule has 258 valence electrons. The van der Waals surface area contributed by atoms with Crippen LogP contribution < -0.4 is 9.47 Å². The summed E-state index contributed by atoms with van der Waals surface area (Å²) >= 11 is 0. The molecule has 0 radical (unpaired) electrons. The van der Waals surface area contributed by atoms with Gasteiger partial charge in [-0.05, 0) is 89.8 Å². The summed E-state index contributed by atoms with van der Waals surface area (Å²) in [5.41, 5.74) is 12.6. The van der Waals surface area contributed by atoms with Gasteiger partial charge in [0.25, 0.3) is 0 Å². The van der Waals surface area contributed by atoms with E-state index in [9.17, 15) is 0 Å². The third-order valence-corrected chi connectivity index (χ3v) is 8.94. The van der Waals surface area contributed by atoms with E-state index in [-0.39, 0.29) is 12.0 Å². The first-order valence-corrected chi connectivity index (χ1v) is 17.3. The molecule has 0 bridgehead atoms. The second-order valence-corrected chi connectivity index (χ2v) is 13.5. The molecule has 0 spiro atoms. The van der Waals surface area contributed by atoms with E-state index in [1.165, 1.54) is 22.3 Å². The van der Waals surface area contributed by atoms with Crippen molar-refractivity contribution in [3.63, 3.8) is 0 Å². The van der Waals surface area contributed by atoms with Gasteiger partial charge in [-0.2, -0.15) is 19.9 Å². The summed E-state index contributed by atoms with van der Waals surface area (Å²) in [5.74, 6) is 3.11. The number of nitrogens with zero attached hydrogens (tertiary/aromatic N) is 6. The van der Waals surface area contributed by atoms with Crippen LogP contribution in [0.2, 0.25) is 0 Å². The largest absolute Gasteiger partial charge is 0.424 e. The van der Waals surface area contributed by atoms with Crippen LogP contribution in [-0.4, -0.2) is 29.9 Å². The van der Waals surface area contributed by atoms with E-state index >= 15 is 0 Å². The molecule has 0 N–H and O–H groups in total. The predicted molar refractivity (Wildman–Crippen MR) is 206 cm³/mol. The lowest BCUT2D eigenvalue weighted by Gasteiger charge is -2.13. The van der Waals surface area contributed by atoms with Gasteiger partial charge in [0.15, 0.2) is 23.3 Å². The van der Waals surface area contributed by atoms with Crippen LogP contribution in [0.1, 0.15) is 44.5 Å². The Labute approximate surface area is 304 Å². The minimum atomic E-state index is 0.173. The predicted octanol–water partition coefficient (Wildman–Crippen LogP) is 10.8. The molecule has 0 saturated heterocycles. The fourth-order valence-electron chi connectivity index (χ4n) is 6.36. The van der Waals surface area contributed by atoms with E-state index in [2.05, 4.69) is 104 Å². The molecular weight excluding hydrogens is 645 g/mol. The van der Waals surface area contributed by atoms with Gasteiger partial charge in [-0.25, -0.2) is 9.97 Å². The van der Waals surface area contributed by atoms with Crippen LogP contribution in [0.3, 0.4) is 0 Å². The second kappa shape index (κ2) is 14.2. The van der Waals surface area contributed by atoms with Gasteiger partial charge >= 0.3 is 12.0 Å². The minimum absolute atomic E-state index is 0.173. The molecular formula is C44H40N6O2. The van der Waals surface area contributed by atoms with Crippen molar-refractivity contribution < 1.29 is 9.47 Å². The van der Waals surface area contributed by atoms with Gasteiger partial charge in [0.1, 0.15) is 11.5 Å². The van der Waals surface area contributed by atoms with E-state index in [0.717, 1.165) is 44.5 Å². The van der Waals surface area contributed by atoms with E-state index in [1.807, 2.05) is 42.5 Å². The summed E-state index contributed by atoms with van der Waals surface area (Å²) in [5, 5.41) is 0. The van der Waals surface area contributed by atoms with Gasteiger partial charge in [0.05, 0.1) is 0 Å². The van der Waals surface area contributed by atoms with Crippen molar-refractivity contribution in [2.24, 2.45) is 0 Å². The maximum Gasteiger partial charge on any atom is 0.326 e. The molecule has 0 unspecified atom stereocenters. The van der Waals surface area contributed by atoms with Crippen LogP contribution in [0.4, 0.5) is 0 Å². The quantitative estimate of drug-likeness (QED) is 0.156. The first-order chi connectivity index (χ1) is 25.0. The first kappa shape index (κ1) is 34.2. The maximum atomic E-state index is 6.35. The highest BCUT2D eigenvalue weighted by atomic mass is 16.5. The molecule has 0 aliphatic carbocycles. The average molecular weight is 685 g/mol. The van der Waals surface area contributed by atoms with E-state index in [1.54, 1.807) is 6.07 Å². The first-order valence-electron chi connectivity index (χ1n) is 17.3. The molecule has 8 nitrogen and oxygen atoms in total. The van der Waals surface area contributed by atoms with E-state index in [0.29, 0.717) is 34.8 Å². The van der Waals surface area contributed by atoms with Crippen LogP contribution in [0.15, 0.2) is 97.1 Å². The molecule has 2 aromatic heterocycles. The van der Waals surface area contributed by atoms with Crippen LogP contribution >= 0.6 is 0 Å². The summed E-state index contributed by atoms with van der Waals surface area (Å²) in [6.45, 7) is 16.5. The number of aryl methyl sites for hydroxylation is 8. The smallest absolute Gasteiger partial charge is 0.326 e. The molecule has 0 aliphatic heterocycles. The van der Waals surface area contributed by atoms with Gasteiger partial charge in [-0.15, -0.1) is 0 Å². The number of benzene rings is 5. The summed E-state index contributed by atoms with van der Waals surface area (Å²) < 4.78 is 12.7. The van der Waals surface area contributed by atoms with Gasteiger partial charge in [-0.3, -0.25) is 0 Å². The highest BCUT2D eigenvalue weighted by Crippen LogP contribution is 2.33. The third kappa shape index (κ3) is 7.42. The Morgan fingerprint density at radius 1 is 0.327 bits per heavy atom. The fourth-order valence-corrected chi connectivity index (χ4v) is 6.36. The average Bonchev–Trinajstić information content (AvgIpc) is 3.08. The molecule has 0 amide bonds. The number of hydrogen-bond donors (Lipinski definition) is 0. The van der Waals surface area contributed by atoms with Crippen LogP contribution in [0, 0.1) is 55.4 Å². The molecule has 5 aromatic carbocycles. The Morgan fingerprint density at radius 3 is 0.885 bits per heavy atom. The Balaban J connectivity index is 1.26. The van der Waals surface area contributed by atoms with Gasteiger partial charge < -0.3 is 9.47 Å². The zero-order chi connectivity index (χ0) is 36.5. The van der Waals surface area contributed by atoms with Crippen molar-refractivity contribution in [1.82, 2.24) is 29.9 Å². The molecule has 0 atom stereocenters. The molecule has 0 fully saturated rings. The zero-order valence-corrected chi connectivity index (χ0v) is 30.7. The maximum absolute atomic E-state index is 6.35. The molecule has 8 heteroatoms. The Hall–Kier alpha value is -6.28. The van der Waals surface area contributed by atoms with Crippen LogP contribution in [-0.2, 0) is 0 Å².